The molecule has 2 nitrogen and oxygen atoms in total. The number of rotatable bonds is 4. The maximum Gasteiger partial charge on any atom is 0.165 e. The Balaban J connectivity index is 2.27. The molecule has 1 aliphatic rings. The SMILES string of the molecule is CC(C)CC1CN(c2cccc(Cl)c2F)C(C(C)C)CN1. The molecule has 0 aromatic heterocycles. The molecule has 0 radical (unpaired) electrons. The Morgan fingerprint density at radius 2 is 2.05 bits per heavy atom. The molecule has 0 bridgehead atoms. The lowest BCUT2D eigenvalue weighted by Gasteiger charge is -2.44. The van der Waals surface area contributed by atoms with E-state index in [1.54, 1.807) is 6.07 Å². The lowest BCUT2D eigenvalue weighted by atomic mass is 9.94. The van der Waals surface area contributed by atoms with Crippen LogP contribution in [0.2, 0.25) is 5.02 Å². The first-order chi connectivity index (χ1) is 9.90. The smallest absolute Gasteiger partial charge is 0.165 e. The molecular formula is C17H26ClFN2. The molecular weight excluding hydrogens is 287 g/mol. The molecule has 1 aliphatic heterocycles. The molecule has 2 unspecified atom stereocenters. The lowest BCUT2D eigenvalue weighted by Crippen LogP contribution is -2.59. The fraction of sp³-hybridized carbons (Fsp3) is 0.647. The van der Waals surface area contributed by atoms with E-state index >= 15 is 0 Å². The lowest BCUT2D eigenvalue weighted by molar-refractivity contribution is 0.308. The minimum Gasteiger partial charge on any atom is -0.363 e. The van der Waals surface area contributed by atoms with Gasteiger partial charge in [-0.15, -0.1) is 0 Å². The molecule has 118 valence electrons. The molecule has 1 aromatic rings. The van der Waals surface area contributed by atoms with Gasteiger partial charge in [0.25, 0.3) is 0 Å². The Morgan fingerprint density at radius 3 is 2.67 bits per heavy atom. The Bertz CT molecular complexity index is 476. The summed E-state index contributed by atoms with van der Waals surface area (Å²) >= 11 is 5.96. The van der Waals surface area contributed by atoms with Gasteiger partial charge in [-0.3, -0.25) is 0 Å². The molecule has 21 heavy (non-hydrogen) atoms. The van der Waals surface area contributed by atoms with E-state index in [4.69, 9.17) is 11.6 Å². The summed E-state index contributed by atoms with van der Waals surface area (Å²) in [6, 6.07) is 5.98. The highest BCUT2D eigenvalue weighted by atomic mass is 35.5. The quantitative estimate of drug-likeness (QED) is 0.890. The van der Waals surface area contributed by atoms with Gasteiger partial charge in [0.15, 0.2) is 5.82 Å². The second-order valence-electron chi connectivity index (χ2n) is 6.77. The Kier molecular flexibility index (Phi) is 5.50. The fourth-order valence-electron chi connectivity index (χ4n) is 3.15. The minimum atomic E-state index is -0.296. The summed E-state index contributed by atoms with van der Waals surface area (Å²) in [5.41, 5.74) is 0.636. The number of hydrogen-bond donors (Lipinski definition) is 1. The van der Waals surface area contributed by atoms with E-state index in [1.807, 2.05) is 12.1 Å². The largest absolute Gasteiger partial charge is 0.363 e. The first kappa shape index (κ1) is 16.6. The molecule has 1 N–H and O–H groups in total. The summed E-state index contributed by atoms with van der Waals surface area (Å²) in [5.74, 6) is 0.787. The predicted molar refractivity (Wildman–Crippen MR) is 88.6 cm³/mol. The molecule has 0 saturated carbocycles. The topological polar surface area (TPSA) is 15.3 Å². The molecule has 1 fully saturated rings. The van der Waals surface area contributed by atoms with Gasteiger partial charge in [0.05, 0.1) is 10.7 Å². The van der Waals surface area contributed by atoms with Gasteiger partial charge in [-0.05, 0) is 30.4 Å². The molecule has 2 atom stereocenters. The molecule has 1 heterocycles. The number of nitrogens with one attached hydrogen (secondary N) is 1. The molecule has 2 rings (SSSR count). The van der Waals surface area contributed by atoms with Crippen molar-refractivity contribution < 1.29 is 4.39 Å². The average Bonchev–Trinajstić information content (AvgIpc) is 2.41. The van der Waals surface area contributed by atoms with Crippen molar-refractivity contribution in [1.82, 2.24) is 5.32 Å². The summed E-state index contributed by atoms with van der Waals surface area (Å²) in [5, 5.41) is 3.82. The van der Waals surface area contributed by atoms with Gasteiger partial charge < -0.3 is 10.2 Å². The van der Waals surface area contributed by atoms with Crippen molar-refractivity contribution >= 4 is 17.3 Å². The van der Waals surface area contributed by atoms with Crippen molar-refractivity contribution in [3.63, 3.8) is 0 Å². The Morgan fingerprint density at radius 1 is 1.33 bits per heavy atom. The van der Waals surface area contributed by atoms with Crippen LogP contribution in [0.15, 0.2) is 18.2 Å². The molecule has 0 aliphatic carbocycles. The van der Waals surface area contributed by atoms with Crippen molar-refractivity contribution in [2.75, 3.05) is 18.0 Å². The van der Waals surface area contributed by atoms with Crippen molar-refractivity contribution in [2.24, 2.45) is 11.8 Å². The molecule has 0 spiro atoms. The van der Waals surface area contributed by atoms with Crippen LogP contribution in [0.1, 0.15) is 34.1 Å². The van der Waals surface area contributed by atoms with Gasteiger partial charge >= 0.3 is 0 Å². The highest BCUT2D eigenvalue weighted by Crippen LogP contribution is 2.30. The number of nitrogens with zero attached hydrogens (tertiary/aromatic N) is 1. The van der Waals surface area contributed by atoms with Crippen LogP contribution in [0.3, 0.4) is 0 Å². The first-order valence-corrected chi connectivity index (χ1v) is 8.22. The zero-order chi connectivity index (χ0) is 15.6. The third-order valence-electron chi connectivity index (χ3n) is 4.20. The minimum absolute atomic E-state index is 0.203. The van der Waals surface area contributed by atoms with E-state index in [2.05, 4.69) is 37.9 Å². The first-order valence-electron chi connectivity index (χ1n) is 7.84. The van der Waals surface area contributed by atoms with Crippen LogP contribution in [0.4, 0.5) is 10.1 Å². The van der Waals surface area contributed by atoms with Crippen LogP contribution in [0, 0.1) is 17.7 Å². The van der Waals surface area contributed by atoms with E-state index in [9.17, 15) is 4.39 Å². The Hall–Kier alpha value is -0.800. The van der Waals surface area contributed by atoms with Crippen LogP contribution in [0.25, 0.3) is 0 Å². The van der Waals surface area contributed by atoms with Crippen LogP contribution in [-0.2, 0) is 0 Å². The number of anilines is 1. The van der Waals surface area contributed by atoms with Gasteiger partial charge in [-0.1, -0.05) is 45.4 Å². The maximum atomic E-state index is 14.4. The van der Waals surface area contributed by atoms with Gasteiger partial charge in [0.1, 0.15) is 0 Å². The standard InChI is InChI=1S/C17H26ClFN2/c1-11(2)8-13-10-21(16(9-20-13)12(3)4)15-7-5-6-14(18)17(15)19/h5-7,11-13,16,20H,8-10H2,1-4H3. The summed E-state index contributed by atoms with van der Waals surface area (Å²) < 4.78 is 14.4. The monoisotopic (exact) mass is 312 g/mol. The highest BCUT2D eigenvalue weighted by molar-refractivity contribution is 6.31. The van der Waals surface area contributed by atoms with Gasteiger partial charge in [0, 0.05) is 25.2 Å². The number of piperazine rings is 1. The zero-order valence-electron chi connectivity index (χ0n) is 13.4. The van der Waals surface area contributed by atoms with Crippen molar-refractivity contribution in [3.8, 4) is 0 Å². The summed E-state index contributed by atoms with van der Waals surface area (Å²) in [7, 11) is 0. The molecule has 1 aromatic carbocycles. The van der Waals surface area contributed by atoms with Crippen molar-refractivity contribution in [3.05, 3.63) is 29.0 Å². The maximum absolute atomic E-state index is 14.4. The molecule has 4 heteroatoms. The molecule has 0 amide bonds. The van der Waals surface area contributed by atoms with Crippen LogP contribution in [-0.4, -0.2) is 25.2 Å². The third-order valence-corrected chi connectivity index (χ3v) is 4.49. The zero-order valence-corrected chi connectivity index (χ0v) is 14.1. The predicted octanol–water partition coefficient (Wildman–Crippen LogP) is 4.33. The van der Waals surface area contributed by atoms with E-state index in [0.717, 1.165) is 19.5 Å². The fourth-order valence-corrected chi connectivity index (χ4v) is 3.32. The third kappa shape index (κ3) is 3.89. The highest BCUT2D eigenvalue weighted by Gasteiger charge is 2.31. The van der Waals surface area contributed by atoms with E-state index in [0.29, 0.717) is 29.6 Å². The number of hydrogen-bond acceptors (Lipinski definition) is 2. The van der Waals surface area contributed by atoms with Gasteiger partial charge in [-0.2, -0.15) is 0 Å². The van der Waals surface area contributed by atoms with Gasteiger partial charge in [0.2, 0.25) is 0 Å². The van der Waals surface area contributed by atoms with Crippen molar-refractivity contribution in [1.29, 1.82) is 0 Å². The second kappa shape index (κ2) is 6.97. The van der Waals surface area contributed by atoms with Crippen LogP contribution in [0.5, 0.6) is 0 Å². The van der Waals surface area contributed by atoms with E-state index in [-0.39, 0.29) is 10.8 Å². The van der Waals surface area contributed by atoms with Gasteiger partial charge in [-0.25, -0.2) is 4.39 Å². The summed E-state index contributed by atoms with van der Waals surface area (Å²) in [4.78, 5) is 2.20. The number of halogens is 2. The van der Waals surface area contributed by atoms with E-state index < -0.39 is 0 Å². The van der Waals surface area contributed by atoms with Crippen LogP contribution < -0.4 is 10.2 Å². The van der Waals surface area contributed by atoms with E-state index in [1.165, 1.54) is 0 Å². The number of benzene rings is 1. The summed E-state index contributed by atoms with van der Waals surface area (Å²) in [6.45, 7) is 10.5. The Labute approximate surface area is 132 Å². The second-order valence-corrected chi connectivity index (χ2v) is 7.18. The average molecular weight is 313 g/mol. The van der Waals surface area contributed by atoms with Crippen molar-refractivity contribution in [2.45, 2.75) is 46.2 Å². The summed E-state index contributed by atoms with van der Waals surface area (Å²) in [6.07, 6.45) is 1.10. The molecule has 1 saturated heterocycles. The normalized spacial score (nSPS) is 23.1. The van der Waals surface area contributed by atoms with Crippen LogP contribution >= 0.6 is 11.6 Å².